The number of hydrogen-bond donors (Lipinski definition) is 7. The van der Waals surface area contributed by atoms with Crippen LogP contribution in [0.3, 0.4) is 0 Å². The third kappa shape index (κ3) is 35.5. The van der Waals surface area contributed by atoms with E-state index in [1.807, 2.05) is 0 Å². The van der Waals surface area contributed by atoms with Gasteiger partial charge in [-0.25, -0.2) is 0 Å². The van der Waals surface area contributed by atoms with E-state index in [2.05, 4.69) is 98.9 Å². The van der Waals surface area contributed by atoms with Gasteiger partial charge in [-0.1, -0.05) is 195 Å². The highest BCUT2D eigenvalue weighted by Crippen LogP contribution is 2.26. The highest BCUT2D eigenvalue weighted by molar-refractivity contribution is 5.69. The molecule has 77 heavy (non-hydrogen) atoms. The molecule has 2 aliphatic heterocycles. The number of carbonyl (C=O) groups is 1. The highest BCUT2D eigenvalue weighted by atomic mass is 16.7. The number of carbonyl (C=O) groups excluding carboxylic acids is 1. The summed E-state index contributed by atoms with van der Waals surface area (Å²) in [6.45, 7) is 3.55. The summed E-state index contributed by atoms with van der Waals surface area (Å²) in [5.41, 5.74) is 0. The monoisotopic (exact) mass is 1090 g/mol. The van der Waals surface area contributed by atoms with E-state index in [0.29, 0.717) is 13.0 Å². The number of hydrogen-bond acceptors (Lipinski definition) is 14. The first-order chi connectivity index (χ1) is 37.6. The maximum atomic E-state index is 13.1. The minimum Gasteiger partial charge on any atom is -0.457 e. The fourth-order valence-electron chi connectivity index (χ4n) is 9.05. The van der Waals surface area contributed by atoms with Crippen LogP contribution in [0.1, 0.15) is 206 Å². The van der Waals surface area contributed by atoms with E-state index in [0.717, 1.165) is 96.3 Å². The number of esters is 1. The lowest BCUT2D eigenvalue weighted by Crippen LogP contribution is -2.61. The van der Waals surface area contributed by atoms with Crippen LogP contribution in [0.5, 0.6) is 0 Å². The lowest BCUT2D eigenvalue weighted by Gasteiger charge is -2.42. The average Bonchev–Trinajstić information content (AvgIpc) is 3.43. The smallest absolute Gasteiger partial charge is 0.306 e. The first kappa shape index (κ1) is 70.3. The predicted octanol–water partition coefficient (Wildman–Crippen LogP) is 11.2. The van der Waals surface area contributed by atoms with E-state index >= 15 is 0 Å². The topological polar surface area (TPSA) is 214 Å². The van der Waals surface area contributed by atoms with Gasteiger partial charge in [0.25, 0.3) is 0 Å². The Morgan fingerprint density at radius 1 is 0.442 bits per heavy atom. The molecular formula is C63H108O14. The van der Waals surface area contributed by atoms with Gasteiger partial charge >= 0.3 is 5.97 Å². The predicted molar refractivity (Wildman–Crippen MR) is 307 cm³/mol. The first-order valence-corrected chi connectivity index (χ1v) is 30.2. The molecule has 2 rings (SSSR count). The lowest BCUT2D eigenvalue weighted by atomic mass is 9.98. The van der Waals surface area contributed by atoms with Crippen LogP contribution >= 0.6 is 0 Å². The van der Waals surface area contributed by atoms with Crippen molar-refractivity contribution in [2.24, 2.45) is 0 Å². The molecule has 444 valence electrons. The quantitative estimate of drug-likeness (QED) is 0.0172. The molecule has 0 saturated carbocycles. The van der Waals surface area contributed by atoms with Gasteiger partial charge in [-0.05, 0) is 89.9 Å². The second kappa shape index (κ2) is 49.0. The zero-order chi connectivity index (χ0) is 55.8. The molecule has 0 aromatic rings. The Hall–Kier alpha value is -2.83. The SMILES string of the molecule is CC/C=C\C/C=C\C/C=C\C/C=C\C/C=C\C/C=C\CCCCCCCCC(=O)OC(COCCCCCCCCCC/C=C\CCCCCCCC)COC1OC(COC2OC(CO)C(O)C(O)C2O)C(O)C(O)C1O. The van der Waals surface area contributed by atoms with Crippen molar-refractivity contribution in [2.45, 2.75) is 274 Å². The lowest BCUT2D eigenvalue weighted by molar-refractivity contribution is -0.332. The van der Waals surface area contributed by atoms with Crippen molar-refractivity contribution in [1.82, 2.24) is 0 Å². The van der Waals surface area contributed by atoms with Crippen LogP contribution in [0.25, 0.3) is 0 Å². The average molecular weight is 1090 g/mol. The van der Waals surface area contributed by atoms with Crippen molar-refractivity contribution in [3.05, 3.63) is 85.1 Å². The molecule has 7 N–H and O–H groups in total. The van der Waals surface area contributed by atoms with Crippen molar-refractivity contribution < 1.29 is 69.0 Å². The van der Waals surface area contributed by atoms with Gasteiger partial charge in [0.1, 0.15) is 54.9 Å². The Kier molecular flexibility index (Phi) is 44.7. The molecule has 2 aliphatic rings. The zero-order valence-electron chi connectivity index (χ0n) is 47.7. The normalized spacial score (nSPS) is 24.9. The van der Waals surface area contributed by atoms with Gasteiger partial charge in [0.05, 0.1) is 26.4 Å². The van der Waals surface area contributed by atoms with Crippen molar-refractivity contribution in [3.63, 3.8) is 0 Å². The molecule has 0 amide bonds. The molecule has 0 aliphatic carbocycles. The molecule has 2 saturated heterocycles. The molecule has 2 fully saturated rings. The molecule has 0 spiro atoms. The molecule has 0 radical (unpaired) electrons. The molecule has 2 heterocycles. The Balaban J connectivity index is 1.71. The van der Waals surface area contributed by atoms with Crippen LogP contribution in [0, 0.1) is 0 Å². The van der Waals surface area contributed by atoms with E-state index in [9.17, 15) is 40.5 Å². The molecule has 14 nitrogen and oxygen atoms in total. The van der Waals surface area contributed by atoms with E-state index in [-0.39, 0.29) is 19.6 Å². The van der Waals surface area contributed by atoms with Gasteiger partial charge in [0, 0.05) is 13.0 Å². The first-order valence-electron chi connectivity index (χ1n) is 30.2. The number of rotatable bonds is 48. The Morgan fingerprint density at radius 3 is 1.34 bits per heavy atom. The summed E-state index contributed by atoms with van der Waals surface area (Å²) in [5.74, 6) is -0.393. The molecule has 14 heteroatoms. The minimum absolute atomic E-state index is 0.0492. The highest BCUT2D eigenvalue weighted by Gasteiger charge is 2.47. The Morgan fingerprint density at radius 2 is 0.844 bits per heavy atom. The van der Waals surface area contributed by atoms with Gasteiger partial charge in [0.15, 0.2) is 12.6 Å². The van der Waals surface area contributed by atoms with Crippen LogP contribution in [0.2, 0.25) is 0 Å². The molecule has 11 unspecified atom stereocenters. The number of aliphatic hydroxyl groups is 7. The summed E-state index contributed by atoms with van der Waals surface area (Å²) in [7, 11) is 0. The minimum atomic E-state index is -1.72. The second-order valence-corrected chi connectivity index (χ2v) is 20.8. The molecular weight excluding hydrogens is 981 g/mol. The van der Waals surface area contributed by atoms with Crippen LogP contribution in [-0.4, -0.2) is 142 Å². The Labute approximate surface area is 465 Å². The third-order valence-corrected chi connectivity index (χ3v) is 13.9. The van der Waals surface area contributed by atoms with Crippen LogP contribution in [0.15, 0.2) is 85.1 Å². The number of aliphatic hydroxyl groups excluding tert-OH is 7. The van der Waals surface area contributed by atoms with E-state index in [4.69, 9.17) is 28.4 Å². The summed E-state index contributed by atoms with van der Waals surface area (Å²) < 4.78 is 34.4. The summed E-state index contributed by atoms with van der Waals surface area (Å²) in [6.07, 6.45) is 47.8. The van der Waals surface area contributed by atoms with Gasteiger partial charge in [-0.3, -0.25) is 4.79 Å². The molecule has 11 atom stereocenters. The number of unbranched alkanes of at least 4 members (excludes halogenated alkanes) is 20. The Bertz CT molecular complexity index is 1590. The second-order valence-electron chi connectivity index (χ2n) is 20.8. The standard InChI is InChI=1S/C63H108O14/c1-3-5-7-9-11-13-15-17-19-21-23-24-25-26-27-28-29-30-32-34-36-38-40-42-44-46-55(65)75-52(49-72-47-45-43-41-39-37-35-33-31-22-20-18-16-14-12-10-8-6-4-2)50-73-62-61(71)59(69)57(67)54(77-62)51-74-63-60(70)58(68)56(66)53(48-64)76-63/h5,7,11,13,17-20,23-24,26-27,29-30,52-54,56-64,66-71H,3-4,6,8-10,12,14-16,21-22,25,28,31-51H2,1-2H3/b7-5-,13-11-,19-17-,20-18-,24-23-,27-26-,30-29-. The van der Waals surface area contributed by atoms with Crippen LogP contribution in [-0.2, 0) is 33.2 Å². The van der Waals surface area contributed by atoms with Crippen molar-refractivity contribution in [1.29, 1.82) is 0 Å². The van der Waals surface area contributed by atoms with Crippen molar-refractivity contribution in [3.8, 4) is 0 Å². The summed E-state index contributed by atoms with van der Waals surface area (Å²) >= 11 is 0. The van der Waals surface area contributed by atoms with Gasteiger partial charge < -0.3 is 64.2 Å². The largest absolute Gasteiger partial charge is 0.457 e. The fraction of sp³-hybridized carbons (Fsp3) is 0.762. The fourth-order valence-corrected chi connectivity index (χ4v) is 9.05. The summed E-state index contributed by atoms with van der Waals surface area (Å²) in [6, 6.07) is 0. The zero-order valence-corrected chi connectivity index (χ0v) is 47.7. The third-order valence-electron chi connectivity index (χ3n) is 13.9. The van der Waals surface area contributed by atoms with Gasteiger partial charge in [-0.2, -0.15) is 0 Å². The van der Waals surface area contributed by atoms with Gasteiger partial charge in [-0.15, -0.1) is 0 Å². The van der Waals surface area contributed by atoms with E-state index in [1.165, 1.54) is 83.5 Å². The van der Waals surface area contributed by atoms with Crippen LogP contribution in [0.4, 0.5) is 0 Å². The maximum absolute atomic E-state index is 13.1. The van der Waals surface area contributed by atoms with Crippen molar-refractivity contribution in [2.75, 3.05) is 33.0 Å². The molecule has 0 aromatic carbocycles. The number of allylic oxidation sites excluding steroid dienone is 14. The maximum Gasteiger partial charge on any atom is 0.306 e. The van der Waals surface area contributed by atoms with Crippen molar-refractivity contribution >= 4 is 5.97 Å². The molecule has 0 bridgehead atoms. The summed E-state index contributed by atoms with van der Waals surface area (Å²) in [5, 5.41) is 72.4. The van der Waals surface area contributed by atoms with E-state index < -0.39 is 86.7 Å². The summed E-state index contributed by atoms with van der Waals surface area (Å²) in [4.78, 5) is 13.1. The van der Waals surface area contributed by atoms with Gasteiger partial charge in [0.2, 0.25) is 0 Å². The number of ether oxygens (including phenoxy) is 6. The molecule has 0 aromatic heterocycles. The van der Waals surface area contributed by atoms with Crippen LogP contribution < -0.4 is 0 Å². The van der Waals surface area contributed by atoms with E-state index in [1.54, 1.807) is 0 Å².